The molecule has 0 bridgehead atoms. The third kappa shape index (κ3) is 3.79. The van der Waals surface area contributed by atoms with Crippen molar-refractivity contribution in [2.24, 2.45) is 0 Å². The minimum absolute atomic E-state index is 0.124. The van der Waals surface area contributed by atoms with Gasteiger partial charge in [0, 0.05) is 36.7 Å². The van der Waals surface area contributed by atoms with Crippen LogP contribution in [0.1, 0.15) is 27.7 Å². The van der Waals surface area contributed by atoms with Gasteiger partial charge < -0.3 is 14.4 Å². The van der Waals surface area contributed by atoms with Gasteiger partial charge in [-0.3, -0.25) is 4.90 Å². The molecule has 0 amide bonds. The molecular formula is C19H28N2O3. The Bertz CT molecular complexity index is 583. The van der Waals surface area contributed by atoms with Gasteiger partial charge in [0.2, 0.25) is 0 Å². The Kier molecular flexibility index (Phi) is 6.02. The predicted octanol–water partition coefficient (Wildman–Crippen LogP) is 2.83. The molecule has 0 saturated carbocycles. The molecule has 0 radical (unpaired) electrons. The summed E-state index contributed by atoms with van der Waals surface area (Å²) in [6.07, 6.45) is 3.37. The smallest absolute Gasteiger partial charge is 0.338 e. The van der Waals surface area contributed by atoms with E-state index in [9.17, 15) is 4.79 Å². The lowest BCUT2D eigenvalue weighted by Crippen LogP contribution is -2.46. The zero-order valence-electron chi connectivity index (χ0n) is 15.2. The summed E-state index contributed by atoms with van der Waals surface area (Å²) in [6.45, 7) is 19.0. The van der Waals surface area contributed by atoms with E-state index in [1.165, 1.54) is 0 Å². The molecule has 24 heavy (non-hydrogen) atoms. The van der Waals surface area contributed by atoms with E-state index in [1.807, 2.05) is 25.7 Å². The fraction of sp³-hybridized carbons (Fsp3) is 0.526. The van der Waals surface area contributed by atoms with Crippen LogP contribution in [0, 0.1) is 0 Å². The molecular weight excluding hydrogens is 304 g/mol. The summed E-state index contributed by atoms with van der Waals surface area (Å²) in [4.78, 5) is 16.8. The number of ether oxygens (including phenoxy) is 2. The zero-order valence-corrected chi connectivity index (χ0v) is 15.2. The summed E-state index contributed by atoms with van der Waals surface area (Å²) in [7, 11) is 0. The van der Waals surface area contributed by atoms with Gasteiger partial charge in [-0.1, -0.05) is 13.2 Å². The summed E-state index contributed by atoms with van der Waals surface area (Å²) in [5.41, 5.74) is 3.23. The van der Waals surface area contributed by atoms with Crippen molar-refractivity contribution in [2.75, 3.05) is 26.3 Å². The second kappa shape index (κ2) is 7.81. The molecule has 1 atom stereocenters. The van der Waals surface area contributed by atoms with Gasteiger partial charge in [-0.25, -0.2) is 4.79 Å². The molecule has 2 rings (SSSR count). The van der Waals surface area contributed by atoms with Crippen LogP contribution >= 0.6 is 0 Å². The van der Waals surface area contributed by atoms with Crippen LogP contribution in [-0.2, 0) is 14.3 Å². The minimum atomic E-state index is -0.306. The van der Waals surface area contributed by atoms with Crippen LogP contribution in [0.2, 0.25) is 0 Å². The number of morpholine rings is 1. The van der Waals surface area contributed by atoms with Crippen molar-refractivity contribution >= 4 is 5.97 Å². The third-order valence-corrected chi connectivity index (χ3v) is 4.40. The van der Waals surface area contributed by atoms with Crippen molar-refractivity contribution in [2.45, 2.75) is 39.8 Å². The summed E-state index contributed by atoms with van der Waals surface area (Å²) < 4.78 is 10.8. The lowest BCUT2D eigenvalue weighted by Gasteiger charge is -2.40. The van der Waals surface area contributed by atoms with Crippen LogP contribution in [-0.4, -0.2) is 54.2 Å². The summed E-state index contributed by atoms with van der Waals surface area (Å²) in [5, 5.41) is 0. The number of hydrogen-bond donors (Lipinski definition) is 0. The maximum absolute atomic E-state index is 12.5. The third-order valence-electron chi connectivity index (χ3n) is 4.40. The van der Waals surface area contributed by atoms with Crippen LogP contribution in [0.15, 0.2) is 48.0 Å². The molecule has 0 aromatic rings. The maximum Gasteiger partial charge on any atom is 0.338 e. The second-order valence-corrected chi connectivity index (χ2v) is 6.39. The Morgan fingerprint density at radius 2 is 1.96 bits per heavy atom. The predicted molar refractivity (Wildman–Crippen MR) is 95.0 cm³/mol. The Hall–Kier alpha value is -1.85. The molecule has 5 heteroatoms. The first-order valence-electron chi connectivity index (χ1n) is 8.43. The van der Waals surface area contributed by atoms with Gasteiger partial charge in [0.15, 0.2) is 0 Å². The van der Waals surface area contributed by atoms with Gasteiger partial charge in [-0.05, 0) is 39.3 Å². The molecule has 2 heterocycles. The summed E-state index contributed by atoms with van der Waals surface area (Å²) in [6, 6.07) is 0.124. The lowest BCUT2D eigenvalue weighted by molar-refractivity contribution is -0.142. The van der Waals surface area contributed by atoms with Crippen LogP contribution in [0.5, 0.6) is 0 Å². The van der Waals surface area contributed by atoms with E-state index in [2.05, 4.69) is 25.0 Å². The van der Waals surface area contributed by atoms with Gasteiger partial charge in [-0.2, -0.15) is 0 Å². The molecule has 1 fully saturated rings. The molecule has 132 valence electrons. The Morgan fingerprint density at radius 1 is 1.33 bits per heavy atom. The fourth-order valence-electron chi connectivity index (χ4n) is 3.18. The summed E-state index contributed by atoms with van der Waals surface area (Å²) >= 11 is 0. The van der Waals surface area contributed by atoms with E-state index in [1.54, 1.807) is 12.3 Å². The quantitative estimate of drug-likeness (QED) is 0.724. The van der Waals surface area contributed by atoms with Crippen LogP contribution < -0.4 is 0 Å². The van der Waals surface area contributed by atoms with Gasteiger partial charge in [-0.15, -0.1) is 0 Å². The standard InChI is InChI=1S/C19H28N2O3/c1-7-21-14(4)12-17(19(22)24-13(2)3)15(5)18(21)16(6)20-8-10-23-11-9-20/h7,12-13,16H,1,4,8-11H2,2-3,5-6H3. The second-order valence-electron chi connectivity index (χ2n) is 6.39. The van der Waals surface area contributed by atoms with E-state index in [4.69, 9.17) is 9.47 Å². The van der Waals surface area contributed by atoms with E-state index >= 15 is 0 Å². The number of allylic oxidation sites excluding steroid dienone is 1. The topological polar surface area (TPSA) is 42.0 Å². The van der Waals surface area contributed by atoms with Gasteiger partial charge >= 0.3 is 5.97 Å². The number of nitrogens with zero attached hydrogens (tertiary/aromatic N) is 2. The number of carbonyl (C=O) groups excluding carboxylic acids is 1. The highest BCUT2D eigenvalue weighted by Gasteiger charge is 2.31. The minimum Gasteiger partial charge on any atom is -0.459 e. The number of esters is 1. The highest BCUT2D eigenvalue weighted by atomic mass is 16.5. The zero-order chi connectivity index (χ0) is 17.9. The largest absolute Gasteiger partial charge is 0.459 e. The molecule has 0 N–H and O–H groups in total. The molecule has 2 aliphatic heterocycles. The van der Waals surface area contributed by atoms with Gasteiger partial charge in [0.05, 0.1) is 24.9 Å². The van der Waals surface area contributed by atoms with Crippen LogP contribution in [0.4, 0.5) is 0 Å². The first-order valence-corrected chi connectivity index (χ1v) is 8.43. The first kappa shape index (κ1) is 18.5. The summed E-state index contributed by atoms with van der Waals surface area (Å²) in [5.74, 6) is -0.306. The average Bonchev–Trinajstić information content (AvgIpc) is 2.55. The monoisotopic (exact) mass is 332 g/mol. The maximum atomic E-state index is 12.5. The Morgan fingerprint density at radius 3 is 2.50 bits per heavy atom. The highest BCUT2D eigenvalue weighted by Crippen LogP contribution is 2.33. The van der Waals surface area contributed by atoms with Crippen LogP contribution in [0.3, 0.4) is 0 Å². The fourth-order valence-corrected chi connectivity index (χ4v) is 3.18. The Balaban J connectivity index is 2.38. The normalized spacial score (nSPS) is 21.0. The van der Waals surface area contributed by atoms with Crippen molar-refractivity contribution < 1.29 is 14.3 Å². The number of hydrogen-bond acceptors (Lipinski definition) is 5. The van der Waals surface area contributed by atoms with E-state index in [-0.39, 0.29) is 18.1 Å². The molecule has 0 aliphatic carbocycles. The molecule has 1 saturated heterocycles. The van der Waals surface area contributed by atoms with Crippen molar-refractivity contribution in [1.82, 2.24) is 9.80 Å². The Labute approximate surface area is 144 Å². The van der Waals surface area contributed by atoms with E-state index in [0.29, 0.717) is 5.57 Å². The van der Waals surface area contributed by atoms with E-state index < -0.39 is 0 Å². The van der Waals surface area contributed by atoms with E-state index in [0.717, 1.165) is 43.3 Å². The molecule has 2 aliphatic rings. The molecule has 0 aromatic carbocycles. The van der Waals surface area contributed by atoms with Gasteiger partial charge in [0.1, 0.15) is 0 Å². The van der Waals surface area contributed by atoms with Crippen molar-refractivity contribution in [3.63, 3.8) is 0 Å². The number of carbonyl (C=O) groups is 1. The SMILES string of the molecule is C=CN1C(=C)C=C(C(=O)OC(C)C)C(C)=C1C(C)N1CCOCC1. The van der Waals surface area contributed by atoms with Gasteiger partial charge in [0.25, 0.3) is 0 Å². The van der Waals surface area contributed by atoms with Crippen molar-refractivity contribution in [3.05, 3.63) is 48.0 Å². The average molecular weight is 332 g/mol. The lowest BCUT2D eigenvalue weighted by atomic mass is 9.95. The molecule has 0 aromatic heterocycles. The molecule has 1 unspecified atom stereocenters. The van der Waals surface area contributed by atoms with Crippen LogP contribution in [0.25, 0.3) is 0 Å². The first-order chi connectivity index (χ1) is 11.4. The van der Waals surface area contributed by atoms with Crippen molar-refractivity contribution in [3.8, 4) is 0 Å². The highest BCUT2D eigenvalue weighted by molar-refractivity contribution is 5.94. The van der Waals surface area contributed by atoms with Crippen molar-refractivity contribution in [1.29, 1.82) is 0 Å². The number of rotatable bonds is 5. The molecule has 5 nitrogen and oxygen atoms in total. The molecule has 0 spiro atoms.